The van der Waals surface area contributed by atoms with Gasteiger partial charge in [-0.05, 0) is 66.6 Å². The second kappa shape index (κ2) is 14.7. The van der Waals surface area contributed by atoms with E-state index in [1.165, 1.54) is 42.5 Å². The molecule has 1 unspecified atom stereocenters. The molecule has 0 spiro atoms. The third kappa shape index (κ3) is 9.41. The number of carbonyl (C=O) groups is 1. The molecule has 0 aliphatic carbocycles. The fraction of sp³-hybridized carbons (Fsp3) is 0.321. The summed E-state index contributed by atoms with van der Waals surface area (Å²) in [5.74, 6) is 0.354. The summed E-state index contributed by atoms with van der Waals surface area (Å²) in [6, 6.07) is 9.78. The van der Waals surface area contributed by atoms with Crippen molar-refractivity contribution in [3.8, 4) is 11.5 Å². The third-order valence-electron chi connectivity index (χ3n) is 6.02. The predicted molar refractivity (Wildman–Crippen MR) is 157 cm³/mol. The highest BCUT2D eigenvalue weighted by Gasteiger charge is 2.35. The highest BCUT2D eigenvalue weighted by molar-refractivity contribution is 7.99. The van der Waals surface area contributed by atoms with Crippen molar-refractivity contribution in [3.05, 3.63) is 71.3 Å². The number of urea groups is 1. The van der Waals surface area contributed by atoms with E-state index >= 15 is 0 Å². The van der Waals surface area contributed by atoms with Gasteiger partial charge in [-0.25, -0.2) is 4.79 Å². The standard InChI is InChI=1S/C28H32F6N6O2S/c1-2-22(37)19-14-17(42-18-5-7-24(38-11-9-35)20(15-18)27(29,30)31)4-6-23(19)40-26(41)39-16-3-8-25(43-12-10-36)21(13-16)28(32,33)34/h3-8,13-15,22,38H,2,9-12,35-37H2,1H3,(H2,39,40,41). The number of anilines is 3. The maximum absolute atomic E-state index is 13.6. The van der Waals surface area contributed by atoms with Crippen molar-refractivity contribution in [2.45, 2.75) is 36.6 Å². The van der Waals surface area contributed by atoms with E-state index in [0.29, 0.717) is 12.0 Å². The molecule has 3 aromatic rings. The van der Waals surface area contributed by atoms with Gasteiger partial charge >= 0.3 is 18.4 Å². The van der Waals surface area contributed by atoms with Crippen LogP contribution in [0.1, 0.15) is 36.1 Å². The lowest BCUT2D eigenvalue weighted by Gasteiger charge is -2.19. The van der Waals surface area contributed by atoms with Crippen LogP contribution in [0.5, 0.6) is 11.5 Å². The van der Waals surface area contributed by atoms with E-state index in [4.69, 9.17) is 21.9 Å². The number of amides is 2. The van der Waals surface area contributed by atoms with Gasteiger partial charge in [0.05, 0.1) is 11.1 Å². The first-order valence-electron chi connectivity index (χ1n) is 13.1. The van der Waals surface area contributed by atoms with Crippen LogP contribution in [0.4, 0.5) is 48.2 Å². The maximum Gasteiger partial charge on any atom is 0.418 e. The number of nitrogens with one attached hydrogen (secondary N) is 3. The predicted octanol–water partition coefficient (Wildman–Crippen LogP) is 6.99. The second-order valence-electron chi connectivity index (χ2n) is 9.21. The summed E-state index contributed by atoms with van der Waals surface area (Å²) in [7, 11) is 0. The van der Waals surface area contributed by atoms with Crippen LogP contribution in [0, 0.1) is 0 Å². The Morgan fingerprint density at radius 1 is 0.860 bits per heavy atom. The fourth-order valence-corrected chi connectivity index (χ4v) is 4.80. The molecule has 0 aromatic heterocycles. The van der Waals surface area contributed by atoms with Crippen LogP contribution in [-0.4, -0.2) is 31.4 Å². The van der Waals surface area contributed by atoms with Crippen molar-refractivity contribution < 1.29 is 35.9 Å². The van der Waals surface area contributed by atoms with Gasteiger partial charge in [0.2, 0.25) is 0 Å². The highest BCUT2D eigenvalue weighted by atomic mass is 32.2. The van der Waals surface area contributed by atoms with E-state index < -0.39 is 35.6 Å². The van der Waals surface area contributed by atoms with Crippen LogP contribution in [0.15, 0.2) is 59.5 Å². The maximum atomic E-state index is 13.6. The van der Waals surface area contributed by atoms with Crippen LogP contribution in [0.25, 0.3) is 0 Å². The van der Waals surface area contributed by atoms with Gasteiger partial charge in [0.15, 0.2) is 0 Å². The van der Waals surface area contributed by atoms with E-state index in [1.807, 2.05) is 0 Å². The third-order valence-corrected chi connectivity index (χ3v) is 7.13. The number of rotatable bonds is 12. The van der Waals surface area contributed by atoms with E-state index in [1.54, 1.807) is 6.92 Å². The molecule has 234 valence electrons. The van der Waals surface area contributed by atoms with Gasteiger partial charge in [0.1, 0.15) is 11.5 Å². The van der Waals surface area contributed by atoms with Crippen molar-refractivity contribution in [2.75, 3.05) is 41.3 Å². The Balaban J connectivity index is 1.83. The number of hydrogen-bond donors (Lipinski definition) is 6. The van der Waals surface area contributed by atoms with E-state index in [-0.39, 0.29) is 58.8 Å². The van der Waals surface area contributed by atoms with E-state index in [0.717, 1.165) is 23.9 Å². The molecule has 0 saturated carbocycles. The van der Waals surface area contributed by atoms with Crippen molar-refractivity contribution in [1.82, 2.24) is 0 Å². The van der Waals surface area contributed by atoms with Crippen LogP contribution >= 0.6 is 11.8 Å². The zero-order valence-corrected chi connectivity index (χ0v) is 23.9. The average molecular weight is 631 g/mol. The van der Waals surface area contributed by atoms with E-state index in [2.05, 4.69) is 16.0 Å². The Labute approximate surface area is 248 Å². The molecule has 2 amide bonds. The Hall–Kier alpha value is -3.66. The second-order valence-corrected chi connectivity index (χ2v) is 10.3. The Kier molecular flexibility index (Phi) is 11.6. The molecular formula is C28H32F6N6O2S. The molecule has 1 atom stereocenters. The molecule has 43 heavy (non-hydrogen) atoms. The van der Waals surface area contributed by atoms with Gasteiger partial charge in [-0.3, -0.25) is 0 Å². The highest BCUT2D eigenvalue weighted by Crippen LogP contribution is 2.40. The molecule has 3 aromatic carbocycles. The molecule has 0 heterocycles. The molecule has 3 rings (SSSR count). The largest absolute Gasteiger partial charge is 0.457 e. The first-order chi connectivity index (χ1) is 20.3. The molecule has 0 bridgehead atoms. The van der Waals surface area contributed by atoms with Gasteiger partial charge in [-0.15, -0.1) is 11.8 Å². The first kappa shape index (κ1) is 33.8. The van der Waals surface area contributed by atoms with Crippen molar-refractivity contribution in [2.24, 2.45) is 17.2 Å². The molecule has 0 aliphatic heterocycles. The lowest BCUT2D eigenvalue weighted by molar-refractivity contribution is -0.139. The van der Waals surface area contributed by atoms with E-state index in [9.17, 15) is 31.1 Å². The molecule has 0 aliphatic rings. The van der Waals surface area contributed by atoms with Crippen molar-refractivity contribution in [3.63, 3.8) is 0 Å². The zero-order valence-electron chi connectivity index (χ0n) is 23.0. The number of benzene rings is 3. The monoisotopic (exact) mass is 630 g/mol. The van der Waals surface area contributed by atoms with Gasteiger partial charge in [0.25, 0.3) is 0 Å². The van der Waals surface area contributed by atoms with Crippen molar-refractivity contribution in [1.29, 1.82) is 0 Å². The van der Waals surface area contributed by atoms with Gasteiger partial charge in [-0.2, -0.15) is 26.3 Å². The van der Waals surface area contributed by atoms with Crippen molar-refractivity contribution >= 4 is 34.9 Å². The SMILES string of the molecule is CCC(N)c1cc(Oc2ccc(NCCN)c(C(F)(F)F)c2)ccc1NC(=O)Nc1ccc(SCCN)c(C(F)(F)F)c1. The first-order valence-corrected chi connectivity index (χ1v) is 14.1. The fourth-order valence-electron chi connectivity index (χ4n) is 3.97. The Bertz CT molecular complexity index is 1400. The number of halogens is 6. The summed E-state index contributed by atoms with van der Waals surface area (Å²) in [5, 5.41) is 7.59. The minimum absolute atomic E-state index is 0.0143. The van der Waals surface area contributed by atoms with Crippen LogP contribution in [0.2, 0.25) is 0 Å². The molecular weight excluding hydrogens is 598 g/mol. The zero-order chi connectivity index (χ0) is 31.8. The van der Waals surface area contributed by atoms with Crippen LogP contribution in [-0.2, 0) is 12.4 Å². The average Bonchev–Trinajstić information content (AvgIpc) is 2.95. The minimum atomic E-state index is -4.66. The topological polar surface area (TPSA) is 140 Å². The normalized spacial score (nSPS) is 12.5. The summed E-state index contributed by atoms with van der Waals surface area (Å²) >= 11 is 0.957. The minimum Gasteiger partial charge on any atom is -0.457 e. The number of ether oxygens (including phenoxy) is 1. The number of thioether (sulfide) groups is 1. The molecule has 0 fully saturated rings. The number of carbonyl (C=O) groups excluding carboxylic acids is 1. The number of nitrogens with two attached hydrogens (primary N) is 3. The van der Waals surface area contributed by atoms with Gasteiger partial charge in [-0.1, -0.05) is 6.92 Å². The Morgan fingerprint density at radius 3 is 2.12 bits per heavy atom. The number of alkyl halides is 6. The lowest BCUT2D eigenvalue weighted by atomic mass is 10.0. The van der Waals surface area contributed by atoms with Crippen LogP contribution in [0.3, 0.4) is 0 Å². The lowest BCUT2D eigenvalue weighted by Crippen LogP contribution is -2.22. The van der Waals surface area contributed by atoms with Gasteiger partial charge < -0.3 is 37.9 Å². The number of hydrogen-bond acceptors (Lipinski definition) is 7. The summed E-state index contributed by atoms with van der Waals surface area (Å²) in [5.41, 5.74) is 15.6. The van der Waals surface area contributed by atoms with Crippen LogP contribution < -0.4 is 37.9 Å². The summed E-state index contributed by atoms with van der Waals surface area (Å²) in [6.45, 7) is 2.27. The van der Waals surface area contributed by atoms with Gasteiger partial charge in [0, 0.05) is 53.4 Å². The molecule has 15 heteroatoms. The molecule has 9 N–H and O–H groups in total. The molecule has 0 saturated heterocycles. The molecule has 8 nitrogen and oxygen atoms in total. The summed E-state index contributed by atoms with van der Waals surface area (Å²) in [6.07, 6.45) is -8.88. The quantitative estimate of drug-likeness (QED) is 0.0936. The molecule has 0 radical (unpaired) electrons. The smallest absolute Gasteiger partial charge is 0.418 e. The summed E-state index contributed by atoms with van der Waals surface area (Å²) < 4.78 is 87.4. The Morgan fingerprint density at radius 2 is 1.51 bits per heavy atom. The summed E-state index contributed by atoms with van der Waals surface area (Å²) in [4.78, 5) is 12.7.